The molecule has 0 amide bonds. The van der Waals surface area contributed by atoms with Crippen LogP contribution in [0.25, 0.3) is 5.57 Å². The van der Waals surface area contributed by atoms with Crippen LogP contribution in [0.4, 0.5) is 5.82 Å². The van der Waals surface area contributed by atoms with Crippen molar-refractivity contribution in [3.8, 4) is 0 Å². The fourth-order valence-corrected chi connectivity index (χ4v) is 2.81. The highest BCUT2D eigenvalue weighted by molar-refractivity contribution is 5.75. The molecule has 0 radical (unpaired) electrons. The molecule has 0 aliphatic carbocycles. The average molecular weight is 284 g/mol. The van der Waals surface area contributed by atoms with Crippen molar-refractivity contribution < 1.29 is 5.11 Å². The largest absolute Gasteiger partial charge is 0.507 e. The molecule has 3 N–H and O–H groups in total. The lowest BCUT2D eigenvalue weighted by Gasteiger charge is -2.32. The fourth-order valence-electron chi connectivity index (χ4n) is 2.81. The Bertz CT molecular complexity index is 617. The van der Waals surface area contributed by atoms with Crippen LogP contribution in [0.2, 0.25) is 0 Å². The van der Waals surface area contributed by atoms with Crippen molar-refractivity contribution in [2.75, 3.05) is 18.4 Å². The van der Waals surface area contributed by atoms with Gasteiger partial charge in [-0.1, -0.05) is 18.7 Å². The summed E-state index contributed by atoms with van der Waals surface area (Å²) in [4.78, 5) is 0. The zero-order valence-electron chi connectivity index (χ0n) is 12.1. The van der Waals surface area contributed by atoms with E-state index in [1.54, 1.807) is 12.2 Å². The van der Waals surface area contributed by atoms with Crippen molar-refractivity contribution in [2.24, 2.45) is 5.92 Å². The molecule has 5 nitrogen and oxygen atoms in total. The molecular weight excluding hydrogens is 264 g/mol. The lowest BCUT2D eigenvalue weighted by Crippen LogP contribution is -2.50. The molecule has 1 fully saturated rings. The number of aromatic nitrogens is 2. The third-order valence-electron chi connectivity index (χ3n) is 4.13. The summed E-state index contributed by atoms with van der Waals surface area (Å²) in [5.41, 5.74) is 2.54. The van der Waals surface area contributed by atoms with Gasteiger partial charge in [-0.3, -0.25) is 0 Å². The van der Waals surface area contributed by atoms with E-state index < -0.39 is 0 Å². The van der Waals surface area contributed by atoms with Crippen molar-refractivity contribution in [2.45, 2.75) is 19.4 Å². The third kappa shape index (κ3) is 2.56. The van der Waals surface area contributed by atoms with Crippen LogP contribution in [0.3, 0.4) is 0 Å². The lowest BCUT2D eigenvalue weighted by molar-refractivity contribution is 0.308. The molecule has 3 heterocycles. The Labute approximate surface area is 124 Å². The van der Waals surface area contributed by atoms with Gasteiger partial charge >= 0.3 is 0 Å². The van der Waals surface area contributed by atoms with Crippen LogP contribution in [-0.2, 0) is 6.42 Å². The summed E-state index contributed by atoms with van der Waals surface area (Å²) in [7, 11) is 0. The first-order valence-corrected chi connectivity index (χ1v) is 7.25. The summed E-state index contributed by atoms with van der Waals surface area (Å²) >= 11 is 0. The molecule has 0 spiro atoms. The second-order valence-corrected chi connectivity index (χ2v) is 5.47. The number of aliphatic hydroxyl groups is 1. The molecule has 2 aliphatic rings. The van der Waals surface area contributed by atoms with Gasteiger partial charge in [0.2, 0.25) is 0 Å². The molecule has 0 bridgehead atoms. The zero-order chi connectivity index (χ0) is 14.8. The number of allylic oxidation sites excluding steroid dienone is 4. The predicted octanol–water partition coefficient (Wildman–Crippen LogP) is 2.06. The zero-order valence-corrected chi connectivity index (χ0v) is 12.1. The normalized spacial score (nSPS) is 22.4. The Morgan fingerprint density at radius 1 is 1.43 bits per heavy atom. The molecule has 1 unspecified atom stereocenters. The Balaban J connectivity index is 1.84. The van der Waals surface area contributed by atoms with Gasteiger partial charge < -0.3 is 15.7 Å². The smallest absolute Gasteiger partial charge is 0.152 e. The van der Waals surface area contributed by atoms with E-state index in [2.05, 4.69) is 27.4 Å². The van der Waals surface area contributed by atoms with Gasteiger partial charge in [0.15, 0.2) is 5.82 Å². The van der Waals surface area contributed by atoms with Gasteiger partial charge in [-0.15, -0.1) is 10.2 Å². The molecule has 1 aromatic heterocycles. The van der Waals surface area contributed by atoms with Gasteiger partial charge in [0.1, 0.15) is 5.76 Å². The van der Waals surface area contributed by atoms with E-state index in [0.717, 1.165) is 25.3 Å². The molecule has 0 aromatic carbocycles. The van der Waals surface area contributed by atoms with Crippen molar-refractivity contribution in [1.29, 1.82) is 0 Å². The topological polar surface area (TPSA) is 70.1 Å². The van der Waals surface area contributed by atoms with E-state index >= 15 is 0 Å². The van der Waals surface area contributed by atoms with E-state index in [-0.39, 0.29) is 5.76 Å². The monoisotopic (exact) mass is 284 g/mol. The molecule has 21 heavy (non-hydrogen) atoms. The molecule has 0 saturated carbocycles. The van der Waals surface area contributed by atoms with Crippen LogP contribution in [0.15, 0.2) is 36.6 Å². The minimum atomic E-state index is 0.160. The quantitative estimate of drug-likeness (QED) is 0.583. The van der Waals surface area contributed by atoms with Crippen LogP contribution >= 0.6 is 0 Å². The molecule has 2 aliphatic heterocycles. The lowest BCUT2D eigenvalue weighted by atomic mass is 9.92. The number of rotatable bonds is 4. The number of nitrogens with zero attached hydrogens (tertiary/aromatic N) is 2. The van der Waals surface area contributed by atoms with Crippen molar-refractivity contribution in [3.05, 3.63) is 47.9 Å². The summed E-state index contributed by atoms with van der Waals surface area (Å²) in [5.74, 6) is 1.70. The summed E-state index contributed by atoms with van der Waals surface area (Å²) in [6.07, 6.45) is 5.92. The summed E-state index contributed by atoms with van der Waals surface area (Å²) in [6, 6.07) is 2.46. The van der Waals surface area contributed by atoms with Gasteiger partial charge in [0.05, 0.1) is 5.69 Å². The highest BCUT2D eigenvalue weighted by Gasteiger charge is 2.33. The Hall–Kier alpha value is -2.14. The van der Waals surface area contributed by atoms with Crippen LogP contribution in [0.1, 0.15) is 18.2 Å². The third-order valence-corrected chi connectivity index (χ3v) is 4.13. The van der Waals surface area contributed by atoms with Gasteiger partial charge in [-0.05, 0) is 25.5 Å². The van der Waals surface area contributed by atoms with Gasteiger partial charge in [0, 0.05) is 36.2 Å². The molecule has 5 heteroatoms. The minimum absolute atomic E-state index is 0.160. The number of anilines is 1. The molecule has 110 valence electrons. The maximum absolute atomic E-state index is 10.0. The van der Waals surface area contributed by atoms with Gasteiger partial charge in [-0.2, -0.15) is 0 Å². The van der Waals surface area contributed by atoms with Gasteiger partial charge in [0.25, 0.3) is 0 Å². The standard InChI is InChI=1S/C16H20N4O/c1-3-5-15(21)12(4-2)14-7-10-6-13(11-8-17-9-11)18-16(10)20-19-14/h3-5,7,11,13,17,21H,1,6,8-9H2,2H3,(H,18,20)/b12-4-,15-5+. The molecule has 1 aromatic rings. The minimum Gasteiger partial charge on any atom is -0.507 e. The summed E-state index contributed by atoms with van der Waals surface area (Å²) < 4.78 is 0. The van der Waals surface area contributed by atoms with Crippen LogP contribution in [0, 0.1) is 5.92 Å². The Kier molecular flexibility index (Phi) is 3.75. The second kappa shape index (κ2) is 5.69. The predicted molar refractivity (Wildman–Crippen MR) is 84.1 cm³/mol. The van der Waals surface area contributed by atoms with E-state index in [0.29, 0.717) is 23.2 Å². The number of hydrogen-bond acceptors (Lipinski definition) is 5. The molecule has 1 atom stereocenters. The number of nitrogens with one attached hydrogen (secondary N) is 2. The van der Waals surface area contributed by atoms with Gasteiger partial charge in [-0.25, -0.2) is 0 Å². The Morgan fingerprint density at radius 3 is 2.86 bits per heavy atom. The summed E-state index contributed by atoms with van der Waals surface area (Å²) in [6.45, 7) is 7.60. The van der Waals surface area contributed by atoms with E-state index in [4.69, 9.17) is 0 Å². The molecular formula is C16H20N4O. The van der Waals surface area contributed by atoms with Crippen LogP contribution < -0.4 is 10.6 Å². The maximum Gasteiger partial charge on any atom is 0.152 e. The van der Waals surface area contributed by atoms with Crippen molar-refractivity contribution in [3.63, 3.8) is 0 Å². The number of fused-ring (bicyclic) bond motifs is 1. The first-order chi connectivity index (χ1) is 10.2. The molecule has 3 rings (SSSR count). The summed E-state index contributed by atoms with van der Waals surface area (Å²) in [5, 5.41) is 25.3. The molecule has 1 saturated heterocycles. The van der Waals surface area contributed by atoms with Crippen molar-refractivity contribution in [1.82, 2.24) is 15.5 Å². The fraction of sp³-hybridized carbons (Fsp3) is 0.375. The average Bonchev–Trinajstić information content (AvgIpc) is 2.80. The van der Waals surface area contributed by atoms with Crippen molar-refractivity contribution >= 4 is 11.4 Å². The van der Waals surface area contributed by atoms with E-state index in [1.165, 1.54) is 5.56 Å². The Morgan fingerprint density at radius 2 is 2.24 bits per heavy atom. The SMILES string of the molecule is C=C/C=C(O)\C(=C/C)c1cc2c(nn1)NC(C1CNC1)C2. The van der Waals surface area contributed by atoms with E-state index in [9.17, 15) is 5.11 Å². The van der Waals surface area contributed by atoms with E-state index in [1.807, 2.05) is 19.1 Å². The highest BCUT2D eigenvalue weighted by atomic mass is 16.3. The number of aliphatic hydroxyl groups excluding tert-OH is 1. The first kappa shape index (κ1) is 13.8. The first-order valence-electron chi connectivity index (χ1n) is 7.25. The number of hydrogen-bond donors (Lipinski definition) is 3. The maximum atomic E-state index is 10.0. The second-order valence-electron chi connectivity index (χ2n) is 5.47. The highest BCUT2D eigenvalue weighted by Crippen LogP contribution is 2.30. The van der Waals surface area contributed by atoms with Crippen LogP contribution in [-0.4, -0.2) is 34.4 Å². The van der Waals surface area contributed by atoms with Crippen LogP contribution in [0.5, 0.6) is 0 Å².